The molecule has 3 nitrogen and oxygen atoms in total. The van der Waals surface area contributed by atoms with Crippen molar-refractivity contribution in [2.24, 2.45) is 11.7 Å². The van der Waals surface area contributed by atoms with Gasteiger partial charge in [-0.2, -0.15) is 0 Å². The summed E-state index contributed by atoms with van der Waals surface area (Å²) in [4.78, 5) is 14.4. The van der Waals surface area contributed by atoms with Crippen molar-refractivity contribution in [1.29, 1.82) is 0 Å². The first kappa shape index (κ1) is 11.7. The largest absolute Gasteiger partial charge is 0.335 e. The molecular weight excluding hydrogens is 224 g/mol. The molecule has 3 rings (SSSR count). The molecule has 96 valence electrons. The third-order valence-corrected chi connectivity index (χ3v) is 3.86. The Bertz CT molecular complexity index is 467. The molecule has 2 aliphatic rings. The fourth-order valence-electron chi connectivity index (χ4n) is 2.49. The van der Waals surface area contributed by atoms with Crippen molar-refractivity contribution < 1.29 is 4.79 Å². The third-order valence-electron chi connectivity index (χ3n) is 3.86. The van der Waals surface area contributed by atoms with Gasteiger partial charge in [0.05, 0.1) is 5.92 Å². The van der Waals surface area contributed by atoms with Gasteiger partial charge < -0.3 is 10.6 Å². The standard InChI is InChI=1S/C15H20N2O/c1-10-3-2-4-11(7-10)9-17(12-5-6-12)15(18)13-8-14(13)16/h2-4,7,12-14H,5-6,8-9,16H2,1H3. The van der Waals surface area contributed by atoms with Crippen molar-refractivity contribution >= 4 is 5.91 Å². The summed E-state index contributed by atoms with van der Waals surface area (Å²) in [5.41, 5.74) is 8.27. The summed E-state index contributed by atoms with van der Waals surface area (Å²) >= 11 is 0. The lowest BCUT2D eigenvalue weighted by atomic mass is 10.1. The summed E-state index contributed by atoms with van der Waals surface area (Å²) in [5.74, 6) is 0.363. The smallest absolute Gasteiger partial charge is 0.227 e. The van der Waals surface area contributed by atoms with E-state index in [0.717, 1.165) is 25.8 Å². The second-order valence-corrected chi connectivity index (χ2v) is 5.69. The van der Waals surface area contributed by atoms with Gasteiger partial charge in [-0.3, -0.25) is 4.79 Å². The van der Waals surface area contributed by atoms with Crippen LogP contribution in [0, 0.1) is 12.8 Å². The van der Waals surface area contributed by atoms with Crippen LogP contribution < -0.4 is 5.73 Å². The Morgan fingerprint density at radius 1 is 1.44 bits per heavy atom. The van der Waals surface area contributed by atoms with E-state index < -0.39 is 0 Å². The van der Waals surface area contributed by atoms with Crippen LogP contribution in [0.1, 0.15) is 30.4 Å². The SMILES string of the molecule is Cc1cccc(CN(C(=O)C2CC2N)C2CC2)c1. The second-order valence-electron chi connectivity index (χ2n) is 5.69. The number of hydrogen-bond donors (Lipinski definition) is 1. The lowest BCUT2D eigenvalue weighted by molar-refractivity contribution is -0.133. The predicted octanol–water partition coefficient (Wildman–Crippen LogP) is 1.83. The van der Waals surface area contributed by atoms with E-state index >= 15 is 0 Å². The molecule has 1 aromatic carbocycles. The van der Waals surface area contributed by atoms with Gasteiger partial charge >= 0.3 is 0 Å². The van der Waals surface area contributed by atoms with Gasteiger partial charge in [-0.05, 0) is 31.7 Å². The van der Waals surface area contributed by atoms with Crippen LogP contribution in [0.15, 0.2) is 24.3 Å². The second kappa shape index (κ2) is 4.39. The van der Waals surface area contributed by atoms with E-state index in [2.05, 4.69) is 31.2 Å². The normalized spacial score (nSPS) is 25.9. The molecule has 1 aromatic rings. The van der Waals surface area contributed by atoms with E-state index in [1.165, 1.54) is 11.1 Å². The van der Waals surface area contributed by atoms with Gasteiger partial charge in [-0.15, -0.1) is 0 Å². The minimum atomic E-state index is 0.0930. The van der Waals surface area contributed by atoms with Gasteiger partial charge in [0.2, 0.25) is 5.91 Å². The number of carbonyl (C=O) groups excluding carboxylic acids is 1. The third kappa shape index (κ3) is 2.41. The Labute approximate surface area is 108 Å². The topological polar surface area (TPSA) is 46.3 Å². The quantitative estimate of drug-likeness (QED) is 0.878. The number of amides is 1. The van der Waals surface area contributed by atoms with E-state index in [0.29, 0.717) is 6.04 Å². The number of aryl methyl sites for hydroxylation is 1. The van der Waals surface area contributed by atoms with Crippen molar-refractivity contribution in [2.75, 3.05) is 0 Å². The highest BCUT2D eigenvalue weighted by atomic mass is 16.2. The molecule has 1 amide bonds. The molecule has 18 heavy (non-hydrogen) atoms. The highest BCUT2D eigenvalue weighted by Gasteiger charge is 2.45. The summed E-state index contributed by atoms with van der Waals surface area (Å²) in [5, 5.41) is 0. The van der Waals surface area contributed by atoms with E-state index in [-0.39, 0.29) is 17.9 Å². The van der Waals surface area contributed by atoms with Crippen LogP contribution in [-0.2, 0) is 11.3 Å². The van der Waals surface area contributed by atoms with Crippen molar-refractivity contribution in [3.63, 3.8) is 0 Å². The first-order valence-corrected chi connectivity index (χ1v) is 6.77. The molecule has 2 saturated carbocycles. The monoisotopic (exact) mass is 244 g/mol. The maximum Gasteiger partial charge on any atom is 0.227 e. The molecule has 0 heterocycles. The number of hydrogen-bond acceptors (Lipinski definition) is 2. The molecule has 2 aliphatic carbocycles. The Hall–Kier alpha value is -1.35. The average molecular weight is 244 g/mol. The zero-order chi connectivity index (χ0) is 12.7. The Kier molecular flexibility index (Phi) is 2.86. The molecular formula is C15H20N2O. The molecule has 0 bridgehead atoms. The van der Waals surface area contributed by atoms with Gasteiger partial charge in [0.25, 0.3) is 0 Å². The van der Waals surface area contributed by atoms with Crippen molar-refractivity contribution in [2.45, 2.75) is 44.8 Å². The van der Waals surface area contributed by atoms with Gasteiger partial charge in [-0.1, -0.05) is 29.8 Å². The molecule has 2 atom stereocenters. The fourth-order valence-corrected chi connectivity index (χ4v) is 2.49. The average Bonchev–Trinajstić information content (AvgIpc) is 3.21. The maximum absolute atomic E-state index is 12.3. The van der Waals surface area contributed by atoms with Crippen molar-refractivity contribution in [3.05, 3.63) is 35.4 Å². The van der Waals surface area contributed by atoms with Crippen LogP contribution in [0.2, 0.25) is 0 Å². The fraction of sp³-hybridized carbons (Fsp3) is 0.533. The Balaban J connectivity index is 1.72. The van der Waals surface area contributed by atoms with Crippen LogP contribution in [0.3, 0.4) is 0 Å². The summed E-state index contributed by atoms with van der Waals surface area (Å²) in [6.07, 6.45) is 3.18. The van der Waals surface area contributed by atoms with Crippen LogP contribution in [0.5, 0.6) is 0 Å². The van der Waals surface area contributed by atoms with Crippen LogP contribution in [0.4, 0.5) is 0 Å². The number of nitrogens with two attached hydrogens (primary N) is 1. The van der Waals surface area contributed by atoms with E-state index in [1.807, 2.05) is 4.90 Å². The molecule has 0 aliphatic heterocycles. The van der Waals surface area contributed by atoms with E-state index in [4.69, 9.17) is 5.73 Å². The predicted molar refractivity (Wildman–Crippen MR) is 70.8 cm³/mol. The highest BCUT2D eigenvalue weighted by Crippen LogP contribution is 2.36. The zero-order valence-electron chi connectivity index (χ0n) is 10.8. The number of carbonyl (C=O) groups is 1. The molecule has 0 spiro atoms. The van der Waals surface area contributed by atoms with Crippen molar-refractivity contribution in [3.8, 4) is 0 Å². The van der Waals surface area contributed by atoms with Crippen molar-refractivity contribution in [1.82, 2.24) is 4.90 Å². The summed E-state index contributed by atoms with van der Waals surface area (Å²) in [6, 6.07) is 8.98. The summed E-state index contributed by atoms with van der Waals surface area (Å²) in [7, 11) is 0. The van der Waals surface area contributed by atoms with Gasteiger partial charge in [-0.25, -0.2) is 0 Å². The van der Waals surface area contributed by atoms with E-state index in [9.17, 15) is 4.79 Å². The lowest BCUT2D eigenvalue weighted by Gasteiger charge is -2.23. The molecule has 2 unspecified atom stereocenters. The summed E-state index contributed by atoms with van der Waals surface area (Å²) in [6.45, 7) is 2.83. The first-order chi connectivity index (χ1) is 8.65. The van der Waals surface area contributed by atoms with Crippen LogP contribution in [0.25, 0.3) is 0 Å². The van der Waals surface area contributed by atoms with Gasteiger partial charge in [0, 0.05) is 18.6 Å². The van der Waals surface area contributed by atoms with Crippen LogP contribution in [-0.4, -0.2) is 22.9 Å². The number of nitrogens with zero attached hydrogens (tertiary/aromatic N) is 1. The zero-order valence-corrected chi connectivity index (χ0v) is 10.8. The Morgan fingerprint density at radius 3 is 2.72 bits per heavy atom. The maximum atomic E-state index is 12.3. The molecule has 3 heteroatoms. The van der Waals surface area contributed by atoms with Gasteiger partial charge in [0.1, 0.15) is 0 Å². The first-order valence-electron chi connectivity index (χ1n) is 6.77. The molecule has 0 saturated heterocycles. The molecule has 2 N–H and O–H groups in total. The number of benzene rings is 1. The van der Waals surface area contributed by atoms with Crippen LogP contribution >= 0.6 is 0 Å². The lowest BCUT2D eigenvalue weighted by Crippen LogP contribution is -2.35. The molecule has 0 radical (unpaired) electrons. The number of rotatable bonds is 4. The Morgan fingerprint density at radius 2 is 2.17 bits per heavy atom. The van der Waals surface area contributed by atoms with E-state index in [1.54, 1.807) is 0 Å². The minimum absolute atomic E-state index is 0.0930. The molecule has 0 aromatic heterocycles. The highest BCUT2D eigenvalue weighted by molar-refractivity contribution is 5.83. The summed E-state index contributed by atoms with van der Waals surface area (Å²) < 4.78 is 0. The van der Waals surface area contributed by atoms with Gasteiger partial charge in [0.15, 0.2) is 0 Å². The minimum Gasteiger partial charge on any atom is -0.335 e. The molecule has 2 fully saturated rings.